The largest absolute Gasteiger partial charge is 0.372 e. The number of anilines is 3. The third-order valence-corrected chi connectivity index (χ3v) is 8.29. The number of fused-ring (bicyclic) bond motifs is 1. The lowest BCUT2D eigenvalue weighted by Gasteiger charge is -2.20. The smallest absolute Gasteiger partial charge is 0.251 e. The number of primary amides is 1. The van der Waals surface area contributed by atoms with Gasteiger partial charge in [0.1, 0.15) is 5.00 Å². The number of nitrogens with zero attached hydrogens (tertiary/aromatic N) is 2. The first kappa shape index (κ1) is 21.9. The standard InChI is InChI=1S/C25H30N4O3S/c1-15-4-9-19-20(12-15)33-25(22(19)23(26)31)27-24(32)16-13-21(30)29(14-16)18-7-5-17(6-8-18)28-10-2-3-11-28/h5-8,15-16H,2-4,9-14H2,1H3,(H2,26,31)(H,27,32). The predicted octanol–water partition coefficient (Wildman–Crippen LogP) is 3.56. The maximum Gasteiger partial charge on any atom is 0.251 e. The Bertz CT molecular complexity index is 1090. The number of nitrogens with one attached hydrogen (secondary N) is 1. The van der Waals surface area contributed by atoms with Crippen molar-refractivity contribution in [2.24, 2.45) is 17.6 Å². The Kier molecular flexibility index (Phi) is 5.86. The predicted molar refractivity (Wildman–Crippen MR) is 131 cm³/mol. The molecular weight excluding hydrogens is 436 g/mol. The van der Waals surface area contributed by atoms with Crippen LogP contribution in [-0.2, 0) is 22.4 Å². The number of hydrogen-bond acceptors (Lipinski definition) is 5. The van der Waals surface area contributed by atoms with Crippen LogP contribution >= 0.6 is 11.3 Å². The number of carbonyl (C=O) groups is 3. The molecule has 3 N–H and O–H groups in total. The van der Waals surface area contributed by atoms with E-state index in [1.165, 1.54) is 29.9 Å². The molecule has 2 aliphatic heterocycles. The highest BCUT2D eigenvalue weighted by molar-refractivity contribution is 7.17. The Balaban J connectivity index is 1.29. The topological polar surface area (TPSA) is 95.7 Å². The van der Waals surface area contributed by atoms with Gasteiger partial charge >= 0.3 is 0 Å². The molecule has 33 heavy (non-hydrogen) atoms. The Hall–Kier alpha value is -2.87. The van der Waals surface area contributed by atoms with E-state index in [0.29, 0.717) is 23.0 Å². The van der Waals surface area contributed by atoms with Crippen molar-refractivity contribution in [3.05, 3.63) is 40.3 Å². The first-order valence-corrected chi connectivity index (χ1v) is 12.6. The molecule has 0 saturated carbocycles. The fourth-order valence-electron chi connectivity index (χ4n) is 5.26. The van der Waals surface area contributed by atoms with E-state index in [2.05, 4.69) is 29.3 Å². The highest BCUT2D eigenvalue weighted by Crippen LogP contribution is 2.40. The monoisotopic (exact) mass is 466 g/mol. The first-order valence-electron chi connectivity index (χ1n) is 11.8. The molecule has 2 saturated heterocycles. The molecule has 2 atom stereocenters. The van der Waals surface area contributed by atoms with Gasteiger partial charge in [0.2, 0.25) is 11.8 Å². The zero-order valence-electron chi connectivity index (χ0n) is 18.9. The molecule has 5 rings (SSSR count). The Morgan fingerprint density at radius 1 is 1.09 bits per heavy atom. The van der Waals surface area contributed by atoms with Gasteiger partial charge in [0.15, 0.2) is 0 Å². The number of thiophene rings is 1. The number of amides is 3. The van der Waals surface area contributed by atoms with Crippen molar-refractivity contribution in [2.45, 2.75) is 45.4 Å². The average Bonchev–Trinajstić information content (AvgIpc) is 3.52. The number of rotatable bonds is 5. The van der Waals surface area contributed by atoms with Crippen LogP contribution in [0.1, 0.15) is 53.4 Å². The van der Waals surface area contributed by atoms with E-state index in [0.717, 1.165) is 48.5 Å². The fourth-order valence-corrected chi connectivity index (χ4v) is 6.68. The van der Waals surface area contributed by atoms with Crippen molar-refractivity contribution in [3.63, 3.8) is 0 Å². The molecule has 8 heteroatoms. The molecule has 2 aromatic rings. The van der Waals surface area contributed by atoms with Gasteiger partial charge in [-0.3, -0.25) is 14.4 Å². The fraction of sp³-hybridized carbons (Fsp3) is 0.480. The molecule has 2 fully saturated rings. The Labute approximate surface area is 197 Å². The van der Waals surface area contributed by atoms with E-state index in [4.69, 9.17) is 5.73 Å². The van der Waals surface area contributed by atoms with Crippen molar-refractivity contribution in [2.75, 3.05) is 34.8 Å². The first-order chi connectivity index (χ1) is 15.9. The quantitative estimate of drug-likeness (QED) is 0.704. The third-order valence-electron chi connectivity index (χ3n) is 7.12. The van der Waals surface area contributed by atoms with Crippen molar-refractivity contribution in [1.29, 1.82) is 0 Å². The van der Waals surface area contributed by atoms with Crippen LogP contribution in [0.15, 0.2) is 24.3 Å². The van der Waals surface area contributed by atoms with Gasteiger partial charge in [-0.2, -0.15) is 0 Å². The lowest BCUT2D eigenvalue weighted by Crippen LogP contribution is -2.28. The highest BCUT2D eigenvalue weighted by Gasteiger charge is 2.36. The minimum Gasteiger partial charge on any atom is -0.372 e. The van der Waals surface area contributed by atoms with Gasteiger partial charge in [-0.15, -0.1) is 11.3 Å². The zero-order valence-corrected chi connectivity index (χ0v) is 19.7. The van der Waals surface area contributed by atoms with E-state index in [-0.39, 0.29) is 18.2 Å². The molecule has 1 aromatic carbocycles. The van der Waals surface area contributed by atoms with E-state index < -0.39 is 11.8 Å². The van der Waals surface area contributed by atoms with Gasteiger partial charge in [0, 0.05) is 42.3 Å². The third kappa shape index (κ3) is 4.24. The van der Waals surface area contributed by atoms with Crippen molar-refractivity contribution in [3.8, 4) is 0 Å². The molecule has 2 unspecified atom stereocenters. The SMILES string of the molecule is CC1CCc2c(sc(NC(=O)C3CC(=O)N(c4ccc(N5CCCC5)cc4)C3)c2C(N)=O)C1. The van der Waals surface area contributed by atoms with Gasteiger partial charge in [-0.25, -0.2) is 0 Å². The molecule has 0 spiro atoms. The van der Waals surface area contributed by atoms with Crippen LogP contribution in [0.5, 0.6) is 0 Å². The molecule has 1 aromatic heterocycles. The normalized spacial score (nSPS) is 22.5. The molecule has 1 aliphatic carbocycles. The summed E-state index contributed by atoms with van der Waals surface area (Å²) in [6.07, 6.45) is 5.32. The Morgan fingerprint density at radius 3 is 2.48 bits per heavy atom. The lowest BCUT2D eigenvalue weighted by atomic mass is 9.88. The van der Waals surface area contributed by atoms with Crippen LogP contribution in [0.3, 0.4) is 0 Å². The Morgan fingerprint density at radius 2 is 1.79 bits per heavy atom. The van der Waals surface area contributed by atoms with Crippen LogP contribution < -0.4 is 20.9 Å². The summed E-state index contributed by atoms with van der Waals surface area (Å²) in [5, 5.41) is 3.47. The molecule has 3 amide bonds. The minimum atomic E-state index is -0.500. The lowest BCUT2D eigenvalue weighted by molar-refractivity contribution is -0.122. The van der Waals surface area contributed by atoms with Crippen LogP contribution in [-0.4, -0.2) is 37.4 Å². The molecule has 0 radical (unpaired) electrons. The van der Waals surface area contributed by atoms with E-state index in [1.54, 1.807) is 4.90 Å². The second-order valence-corrected chi connectivity index (χ2v) is 10.6. The molecular formula is C25H30N4O3S. The number of nitrogens with two attached hydrogens (primary N) is 1. The van der Waals surface area contributed by atoms with Crippen molar-refractivity contribution < 1.29 is 14.4 Å². The molecule has 0 bridgehead atoms. The van der Waals surface area contributed by atoms with Crippen LogP contribution in [0.25, 0.3) is 0 Å². The molecule has 174 valence electrons. The molecule has 3 aliphatic rings. The van der Waals surface area contributed by atoms with Gasteiger partial charge < -0.3 is 20.9 Å². The minimum absolute atomic E-state index is 0.0569. The van der Waals surface area contributed by atoms with Crippen molar-refractivity contribution in [1.82, 2.24) is 0 Å². The molecule has 3 heterocycles. The van der Waals surface area contributed by atoms with E-state index in [9.17, 15) is 14.4 Å². The highest BCUT2D eigenvalue weighted by atomic mass is 32.1. The number of benzene rings is 1. The summed E-state index contributed by atoms with van der Waals surface area (Å²) in [6.45, 7) is 4.67. The summed E-state index contributed by atoms with van der Waals surface area (Å²) in [5.74, 6) is -0.695. The summed E-state index contributed by atoms with van der Waals surface area (Å²) >= 11 is 1.46. The summed E-state index contributed by atoms with van der Waals surface area (Å²) in [6, 6.07) is 8.03. The van der Waals surface area contributed by atoms with Gasteiger partial charge in [0.05, 0.1) is 11.5 Å². The van der Waals surface area contributed by atoms with Crippen LogP contribution in [0.4, 0.5) is 16.4 Å². The summed E-state index contributed by atoms with van der Waals surface area (Å²) < 4.78 is 0. The number of carbonyl (C=O) groups excluding carboxylic acids is 3. The van der Waals surface area contributed by atoms with Crippen LogP contribution in [0, 0.1) is 11.8 Å². The maximum atomic E-state index is 13.1. The zero-order chi connectivity index (χ0) is 23.1. The second kappa shape index (κ2) is 8.82. The van der Waals surface area contributed by atoms with E-state index >= 15 is 0 Å². The molecule has 7 nitrogen and oxygen atoms in total. The average molecular weight is 467 g/mol. The summed E-state index contributed by atoms with van der Waals surface area (Å²) in [4.78, 5) is 43.1. The summed E-state index contributed by atoms with van der Waals surface area (Å²) in [5.41, 5.74) is 9.11. The van der Waals surface area contributed by atoms with Gasteiger partial charge in [0.25, 0.3) is 5.91 Å². The summed E-state index contributed by atoms with van der Waals surface area (Å²) in [7, 11) is 0. The van der Waals surface area contributed by atoms with E-state index in [1.807, 2.05) is 12.1 Å². The number of hydrogen-bond donors (Lipinski definition) is 2. The maximum absolute atomic E-state index is 13.1. The van der Waals surface area contributed by atoms with Crippen molar-refractivity contribution >= 4 is 45.4 Å². The van der Waals surface area contributed by atoms with Gasteiger partial charge in [-0.1, -0.05) is 6.92 Å². The van der Waals surface area contributed by atoms with Gasteiger partial charge in [-0.05, 0) is 67.9 Å². The van der Waals surface area contributed by atoms with Crippen LogP contribution in [0.2, 0.25) is 0 Å². The second-order valence-electron chi connectivity index (χ2n) is 9.53.